The number of aromatic nitrogens is 2. The van der Waals surface area contributed by atoms with Crippen molar-refractivity contribution < 1.29 is 4.92 Å². The van der Waals surface area contributed by atoms with Crippen LogP contribution in [0.2, 0.25) is 0 Å². The maximum absolute atomic E-state index is 10.7. The molecule has 0 unspecified atom stereocenters. The van der Waals surface area contributed by atoms with Crippen LogP contribution < -0.4 is 10.6 Å². The van der Waals surface area contributed by atoms with Crippen LogP contribution >= 0.6 is 0 Å². The minimum atomic E-state index is -0.536. The number of hydrogen-bond acceptors (Lipinski definition) is 6. The summed E-state index contributed by atoms with van der Waals surface area (Å²) in [6.07, 6.45) is 3.45. The van der Waals surface area contributed by atoms with E-state index in [4.69, 9.17) is 5.73 Å². The zero-order valence-corrected chi connectivity index (χ0v) is 11.1. The van der Waals surface area contributed by atoms with Crippen molar-refractivity contribution >= 4 is 17.3 Å². The highest BCUT2D eigenvalue weighted by atomic mass is 16.6. The summed E-state index contributed by atoms with van der Waals surface area (Å²) < 4.78 is 0. The summed E-state index contributed by atoms with van der Waals surface area (Å²) >= 11 is 0. The molecule has 2 N–H and O–H groups in total. The van der Waals surface area contributed by atoms with Gasteiger partial charge in [0.05, 0.1) is 4.92 Å². The Kier molecular flexibility index (Phi) is 4.09. The average Bonchev–Trinajstić information content (AvgIpc) is 2.45. The van der Waals surface area contributed by atoms with E-state index in [2.05, 4.69) is 9.97 Å². The van der Waals surface area contributed by atoms with E-state index >= 15 is 0 Å². The molecular formula is C13H15N5O2. The highest BCUT2D eigenvalue weighted by Crippen LogP contribution is 2.23. The van der Waals surface area contributed by atoms with Crippen LogP contribution in [0.15, 0.2) is 36.7 Å². The van der Waals surface area contributed by atoms with Gasteiger partial charge in [0.2, 0.25) is 5.82 Å². The molecule has 0 aliphatic rings. The first-order chi connectivity index (χ1) is 9.61. The molecule has 0 aliphatic heterocycles. The molecule has 0 aromatic carbocycles. The van der Waals surface area contributed by atoms with Crippen LogP contribution in [0.3, 0.4) is 0 Å². The molecule has 0 fully saturated rings. The lowest BCUT2D eigenvalue weighted by molar-refractivity contribution is -0.384. The molecule has 7 nitrogen and oxygen atoms in total. The minimum absolute atomic E-state index is 0.0688. The smallest absolute Gasteiger partial charge is 0.311 e. The summed E-state index contributed by atoms with van der Waals surface area (Å²) in [6.45, 7) is 3.34. The molecule has 2 aromatic heterocycles. The molecule has 0 aliphatic carbocycles. The van der Waals surface area contributed by atoms with Crippen molar-refractivity contribution in [3.05, 3.63) is 52.3 Å². The summed E-state index contributed by atoms with van der Waals surface area (Å²) in [5.74, 6) is 0.549. The molecular weight excluding hydrogens is 258 g/mol. The summed E-state index contributed by atoms with van der Waals surface area (Å²) in [5, 5.41) is 10.7. The van der Waals surface area contributed by atoms with E-state index in [1.54, 1.807) is 18.5 Å². The third kappa shape index (κ3) is 3.00. The second-order valence-electron chi connectivity index (χ2n) is 4.20. The first-order valence-corrected chi connectivity index (χ1v) is 6.16. The fourth-order valence-corrected chi connectivity index (χ4v) is 1.85. The van der Waals surface area contributed by atoms with Crippen molar-refractivity contribution in [2.45, 2.75) is 13.5 Å². The fraction of sp³-hybridized carbons (Fsp3) is 0.231. The monoisotopic (exact) mass is 273 g/mol. The van der Waals surface area contributed by atoms with Crippen LogP contribution in [0, 0.1) is 10.1 Å². The Morgan fingerprint density at radius 3 is 2.55 bits per heavy atom. The Morgan fingerprint density at radius 1 is 1.30 bits per heavy atom. The Morgan fingerprint density at radius 2 is 2.00 bits per heavy atom. The Labute approximate surface area is 116 Å². The Balaban J connectivity index is 2.24. The number of rotatable bonds is 5. The molecule has 0 saturated heterocycles. The van der Waals surface area contributed by atoms with Crippen LogP contribution in [-0.4, -0.2) is 21.4 Å². The number of nitro groups is 1. The van der Waals surface area contributed by atoms with Gasteiger partial charge in [-0.2, -0.15) is 0 Å². The Hall–Kier alpha value is -2.70. The number of pyridine rings is 2. The summed E-state index contributed by atoms with van der Waals surface area (Å²) in [5.41, 5.74) is 6.53. The van der Waals surface area contributed by atoms with Gasteiger partial charge >= 0.3 is 5.69 Å². The van der Waals surface area contributed by atoms with Gasteiger partial charge in [-0.15, -0.1) is 0 Å². The van der Waals surface area contributed by atoms with Crippen LogP contribution in [-0.2, 0) is 6.54 Å². The number of hydrogen-bond donors (Lipinski definition) is 1. The first kappa shape index (κ1) is 13.7. The lowest BCUT2D eigenvalue weighted by Gasteiger charge is -2.22. The molecule has 104 valence electrons. The number of nitrogens with two attached hydrogens (primary N) is 1. The standard InChI is InChI=1S/C13H15N5O2/c1-2-17(9-10-5-7-15-8-6-10)12-4-3-11(18(19)20)13(14)16-12/h3-8H,2,9H2,1H3,(H2,14,16). The molecule has 0 spiro atoms. The van der Waals surface area contributed by atoms with E-state index in [1.165, 1.54) is 6.07 Å². The molecule has 7 heteroatoms. The van der Waals surface area contributed by atoms with Crippen molar-refractivity contribution in [2.75, 3.05) is 17.2 Å². The second kappa shape index (κ2) is 5.96. The minimum Gasteiger partial charge on any atom is -0.378 e. The Bertz CT molecular complexity index is 603. The SMILES string of the molecule is CCN(Cc1ccncc1)c1ccc([N+](=O)[O-])c(N)n1. The molecule has 2 heterocycles. The van der Waals surface area contributed by atoms with Crippen LogP contribution in [0.1, 0.15) is 12.5 Å². The molecule has 0 amide bonds. The number of nitrogens with zero attached hydrogens (tertiary/aromatic N) is 4. The molecule has 2 rings (SSSR count). The van der Waals surface area contributed by atoms with Crippen LogP contribution in [0.25, 0.3) is 0 Å². The quantitative estimate of drug-likeness (QED) is 0.660. The molecule has 0 bridgehead atoms. The highest BCUT2D eigenvalue weighted by Gasteiger charge is 2.15. The molecule has 0 atom stereocenters. The highest BCUT2D eigenvalue weighted by molar-refractivity contribution is 5.58. The van der Waals surface area contributed by atoms with E-state index in [0.29, 0.717) is 18.9 Å². The van der Waals surface area contributed by atoms with Gasteiger partial charge in [0.1, 0.15) is 5.82 Å². The summed E-state index contributed by atoms with van der Waals surface area (Å²) in [6, 6.07) is 6.82. The van der Waals surface area contributed by atoms with Gasteiger partial charge in [-0.3, -0.25) is 15.1 Å². The van der Waals surface area contributed by atoms with Crippen LogP contribution in [0.5, 0.6) is 0 Å². The summed E-state index contributed by atoms with van der Waals surface area (Å²) in [4.78, 5) is 20.2. The van der Waals surface area contributed by atoms with Gasteiger partial charge in [0.25, 0.3) is 0 Å². The van der Waals surface area contributed by atoms with E-state index in [1.807, 2.05) is 24.0 Å². The van der Waals surface area contributed by atoms with Crippen molar-refractivity contribution in [2.24, 2.45) is 0 Å². The zero-order chi connectivity index (χ0) is 14.5. The molecule has 0 saturated carbocycles. The molecule has 0 radical (unpaired) electrons. The fourth-order valence-electron chi connectivity index (χ4n) is 1.85. The predicted octanol–water partition coefficient (Wildman–Crippen LogP) is 1.99. The van der Waals surface area contributed by atoms with Crippen molar-refractivity contribution in [1.29, 1.82) is 0 Å². The van der Waals surface area contributed by atoms with E-state index < -0.39 is 4.92 Å². The number of anilines is 2. The topological polar surface area (TPSA) is 98.2 Å². The van der Waals surface area contributed by atoms with E-state index in [0.717, 1.165) is 5.56 Å². The maximum Gasteiger partial charge on any atom is 0.311 e. The van der Waals surface area contributed by atoms with Gasteiger partial charge in [0.15, 0.2) is 0 Å². The second-order valence-corrected chi connectivity index (χ2v) is 4.20. The normalized spacial score (nSPS) is 10.2. The molecule has 2 aromatic rings. The van der Waals surface area contributed by atoms with Gasteiger partial charge in [0, 0.05) is 31.5 Å². The summed E-state index contributed by atoms with van der Waals surface area (Å²) in [7, 11) is 0. The maximum atomic E-state index is 10.7. The largest absolute Gasteiger partial charge is 0.378 e. The lowest BCUT2D eigenvalue weighted by atomic mass is 10.2. The van der Waals surface area contributed by atoms with Gasteiger partial charge in [-0.25, -0.2) is 4.98 Å². The van der Waals surface area contributed by atoms with Crippen molar-refractivity contribution in [3.63, 3.8) is 0 Å². The van der Waals surface area contributed by atoms with E-state index in [9.17, 15) is 10.1 Å². The van der Waals surface area contributed by atoms with Gasteiger partial charge in [-0.1, -0.05) is 0 Å². The van der Waals surface area contributed by atoms with Crippen molar-refractivity contribution in [1.82, 2.24) is 9.97 Å². The third-order valence-electron chi connectivity index (χ3n) is 2.91. The first-order valence-electron chi connectivity index (χ1n) is 6.16. The lowest BCUT2D eigenvalue weighted by Crippen LogP contribution is -2.23. The average molecular weight is 273 g/mol. The molecule has 20 heavy (non-hydrogen) atoms. The third-order valence-corrected chi connectivity index (χ3v) is 2.91. The van der Waals surface area contributed by atoms with Crippen molar-refractivity contribution in [3.8, 4) is 0 Å². The van der Waals surface area contributed by atoms with Gasteiger partial charge in [-0.05, 0) is 30.7 Å². The van der Waals surface area contributed by atoms with E-state index in [-0.39, 0.29) is 11.5 Å². The zero-order valence-electron chi connectivity index (χ0n) is 11.1. The van der Waals surface area contributed by atoms with Crippen LogP contribution in [0.4, 0.5) is 17.3 Å². The predicted molar refractivity (Wildman–Crippen MR) is 76.3 cm³/mol. The number of nitrogen functional groups attached to an aromatic ring is 1. The van der Waals surface area contributed by atoms with Gasteiger partial charge < -0.3 is 10.6 Å².